The van der Waals surface area contributed by atoms with E-state index in [4.69, 9.17) is 5.11 Å². The van der Waals surface area contributed by atoms with Crippen molar-refractivity contribution in [1.82, 2.24) is 9.88 Å². The van der Waals surface area contributed by atoms with Gasteiger partial charge < -0.3 is 10.0 Å². The van der Waals surface area contributed by atoms with Crippen LogP contribution in [0.4, 0.5) is 4.39 Å². The lowest BCUT2D eigenvalue weighted by molar-refractivity contribution is -0.137. The lowest BCUT2D eigenvalue weighted by Crippen LogP contribution is -2.39. The van der Waals surface area contributed by atoms with Gasteiger partial charge in [-0.1, -0.05) is 0 Å². The van der Waals surface area contributed by atoms with Crippen molar-refractivity contribution in [3.63, 3.8) is 0 Å². The number of nitrogens with zero attached hydrogens (tertiary/aromatic N) is 2. The zero-order valence-corrected chi connectivity index (χ0v) is 10.3. The van der Waals surface area contributed by atoms with Crippen LogP contribution in [0.15, 0.2) is 18.3 Å². The van der Waals surface area contributed by atoms with Crippen molar-refractivity contribution in [1.29, 1.82) is 0 Å². The van der Waals surface area contributed by atoms with Crippen molar-refractivity contribution in [2.75, 3.05) is 6.54 Å². The largest absolute Gasteiger partial charge is 0.481 e. The Morgan fingerprint density at radius 3 is 2.67 bits per heavy atom. The fraction of sp³-hybridized carbons (Fsp3) is 0.417. The van der Waals surface area contributed by atoms with Crippen LogP contribution in [0.3, 0.4) is 0 Å². The molecule has 1 aromatic heterocycles. The van der Waals surface area contributed by atoms with Crippen LogP contribution in [-0.2, 0) is 4.79 Å². The van der Waals surface area contributed by atoms with Gasteiger partial charge >= 0.3 is 5.97 Å². The molecule has 98 valence electrons. The quantitative estimate of drug-likeness (QED) is 0.809. The molecule has 0 aromatic carbocycles. The van der Waals surface area contributed by atoms with E-state index < -0.39 is 17.8 Å². The van der Waals surface area contributed by atoms with Crippen molar-refractivity contribution >= 4 is 11.9 Å². The molecule has 18 heavy (non-hydrogen) atoms. The molecule has 1 N–H and O–H groups in total. The number of halogens is 1. The van der Waals surface area contributed by atoms with Gasteiger partial charge in [-0.25, -0.2) is 4.98 Å². The summed E-state index contributed by atoms with van der Waals surface area (Å²) in [6.45, 7) is 3.53. The predicted octanol–water partition coefficient (Wildman–Crippen LogP) is 1.55. The topological polar surface area (TPSA) is 70.5 Å². The number of rotatable bonds is 5. The zero-order valence-electron chi connectivity index (χ0n) is 10.3. The first-order valence-corrected chi connectivity index (χ1v) is 5.56. The molecule has 1 rings (SSSR count). The highest BCUT2D eigenvalue weighted by molar-refractivity contribution is 5.94. The van der Waals surface area contributed by atoms with Crippen molar-refractivity contribution in [2.24, 2.45) is 0 Å². The van der Waals surface area contributed by atoms with Crippen LogP contribution in [-0.4, -0.2) is 39.5 Å². The Morgan fingerprint density at radius 2 is 2.17 bits per heavy atom. The standard InChI is InChI=1S/C12H15FN2O3/c1-8(2)15(7-5-10(16)17)12(18)9-4-3-6-14-11(9)13/h3-4,6,8H,5,7H2,1-2H3,(H,16,17). The van der Waals surface area contributed by atoms with Crippen LogP contribution in [0.5, 0.6) is 0 Å². The van der Waals surface area contributed by atoms with E-state index in [0.717, 1.165) is 0 Å². The highest BCUT2D eigenvalue weighted by Gasteiger charge is 2.22. The Morgan fingerprint density at radius 1 is 1.50 bits per heavy atom. The average molecular weight is 254 g/mol. The number of amides is 1. The molecule has 0 bridgehead atoms. The molecule has 0 aliphatic heterocycles. The van der Waals surface area contributed by atoms with Crippen LogP contribution >= 0.6 is 0 Å². The minimum Gasteiger partial charge on any atom is -0.481 e. The van der Waals surface area contributed by atoms with Gasteiger partial charge in [-0.15, -0.1) is 0 Å². The Balaban J connectivity index is 2.90. The van der Waals surface area contributed by atoms with Gasteiger partial charge in [-0.2, -0.15) is 4.39 Å². The van der Waals surface area contributed by atoms with Crippen molar-refractivity contribution < 1.29 is 19.1 Å². The number of hydrogen-bond acceptors (Lipinski definition) is 3. The van der Waals surface area contributed by atoms with E-state index in [1.54, 1.807) is 13.8 Å². The number of carbonyl (C=O) groups is 2. The third kappa shape index (κ3) is 3.51. The second kappa shape index (κ2) is 6.09. The number of carboxylic acid groups (broad SMARTS) is 1. The zero-order chi connectivity index (χ0) is 13.7. The molecule has 5 nitrogen and oxygen atoms in total. The summed E-state index contributed by atoms with van der Waals surface area (Å²) in [5, 5.41) is 8.63. The molecule has 0 spiro atoms. The monoisotopic (exact) mass is 254 g/mol. The van der Waals surface area contributed by atoms with Crippen LogP contribution in [0, 0.1) is 5.95 Å². The number of carbonyl (C=O) groups excluding carboxylic acids is 1. The van der Waals surface area contributed by atoms with Gasteiger partial charge in [0.2, 0.25) is 5.95 Å². The van der Waals surface area contributed by atoms with Gasteiger partial charge in [-0.3, -0.25) is 9.59 Å². The second-order valence-electron chi connectivity index (χ2n) is 4.08. The first kappa shape index (κ1) is 14.1. The number of aromatic nitrogens is 1. The maximum atomic E-state index is 13.4. The molecule has 1 amide bonds. The number of carboxylic acids is 1. The fourth-order valence-electron chi connectivity index (χ4n) is 1.51. The van der Waals surface area contributed by atoms with Crippen molar-refractivity contribution in [2.45, 2.75) is 26.3 Å². The van der Waals surface area contributed by atoms with Crippen molar-refractivity contribution in [3.8, 4) is 0 Å². The minimum absolute atomic E-state index is 0.0418. The predicted molar refractivity (Wildman–Crippen MR) is 62.6 cm³/mol. The highest BCUT2D eigenvalue weighted by Crippen LogP contribution is 2.11. The van der Waals surface area contributed by atoms with Gasteiger partial charge in [0.25, 0.3) is 5.91 Å². The third-order valence-corrected chi connectivity index (χ3v) is 2.44. The van der Waals surface area contributed by atoms with Gasteiger partial charge in [0.05, 0.1) is 12.0 Å². The molecular formula is C12H15FN2O3. The van der Waals surface area contributed by atoms with E-state index in [9.17, 15) is 14.0 Å². The van der Waals surface area contributed by atoms with Crippen LogP contribution < -0.4 is 0 Å². The normalized spacial score (nSPS) is 10.4. The van der Waals surface area contributed by atoms with E-state index in [-0.39, 0.29) is 24.6 Å². The van der Waals surface area contributed by atoms with Gasteiger partial charge in [0, 0.05) is 18.8 Å². The molecule has 0 atom stereocenters. The van der Waals surface area contributed by atoms with Gasteiger partial charge in [0.1, 0.15) is 0 Å². The van der Waals surface area contributed by atoms with E-state index in [2.05, 4.69) is 4.98 Å². The van der Waals surface area contributed by atoms with E-state index in [1.165, 1.54) is 23.2 Å². The summed E-state index contributed by atoms with van der Waals surface area (Å²) in [5.74, 6) is -2.39. The first-order chi connectivity index (χ1) is 8.43. The Kier molecular flexibility index (Phi) is 4.76. The van der Waals surface area contributed by atoms with Crippen LogP contribution in [0.2, 0.25) is 0 Å². The average Bonchev–Trinajstić information content (AvgIpc) is 2.28. The Bertz CT molecular complexity index is 449. The van der Waals surface area contributed by atoms with E-state index in [0.29, 0.717) is 0 Å². The van der Waals surface area contributed by atoms with Crippen molar-refractivity contribution in [3.05, 3.63) is 29.8 Å². The molecule has 0 saturated carbocycles. The summed E-state index contributed by atoms with van der Waals surface area (Å²) in [5.41, 5.74) is -0.142. The van der Waals surface area contributed by atoms with Gasteiger partial charge in [-0.05, 0) is 26.0 Å². The molecule has 1 aromatic rings. The van der Waals surface area contributed by atoms with Gasteiger partial charge in [0.15, 0.2) is 0 Å². The molecule has 0 aliphatic carbocycles. The molecule has 0 radical (unpaired) electrons. The molecule has 6 heteroatoms. The smallest absolute Gasteiger partial charge is 0.305 e. The fourth-order valence-corrected chi connectivity index (χ4v) is 1.51. The Labute approximate surface area is 104 Å². The lowest BCUT2D eigenvalue weighted by Gasteiger charge is -2.26. The third-order valence-electron chi connectivity index (χ3n) is 2.44. The van der Waals surface area contributed by atoms with E-state index >= 15 is 0 Å². The highest BCUT2D eigenvalue weighted by atomic mass is 19.1. The SMILES string of the molecule is CC(C)N(CCC(=O)O)C(=O)c1cccnc1F. The summed E-state index contributed by atoms with van der Waals surface area (Å²) < 4.78 is 13.4. The molecule has 0 fully saturated rings. The first-order valence-electron chi connectivity index (χ1n) is 5.56. The molecule has 1 heterocycles. The van der Waals surface area contributed by atoms with E-state index in [1.807, 2.05) is 0 Å². The Hall–Kier alpha value is -1.98. The molecule has 0 saturated heterocycles. The van der Waals surface area contributed by atoms with Crippen LogP contribution in [0.1, 0.15) is 30.6 Å². The summed E-state index contributed by atoms with van der Waals surface area (Å²) in [7, 11) is 0. The van der Waals surface area contributed by atoms with Crippen LogP contribution in [0.25, 0.3) is 0 Å². The minimum atomic E-state index is -1.000. The number of aliphatic carboxylic acids is 1. The molecular weight excluding hydrogens is 239 g/mol. The number of pyridine rings is 1. The summed E-state index contributed by atoms with van der Waals surface area (Å²) >= 11 is 0. The molecule has 0 unspecified atom stereocenters. The maximum Gasteiger partial charge on any atom is 0.305 e. The summed E-state index contributed by atoms with van der Waals surface area (Å²) in [6.07, 6.45) is 1.08. The number of hydrogen-bond donors (Lipinski definition) is 1. The second-order valence-corrected chi connectivity index (χ2v) is 4.08. The maximum absolute atomic E-state index is 13.4. The molecule has 0 aliphatic rings. The summed E-state index contributed by atoms with van der Waals surface area (Å²) in [4.78, 5) is 27.3. The summed E-state index contributed by atoms with van der Waals surface area (Å²) in [6, 6.07) is 2.59. The lowest BCUT2D eigenvalue weighted by atomic mass is 10.2.